The number of carbonyl (C=O) groups is 2. The van der Waals surface area contributed by atoms with Gasteiger partial charge in [0.05, 0.1) is 0 Å². The van der Waals surface area contributed by atoms with Gasteiger partial charge in [0.15, 0.2) is 0 Å². The van der Waals surface area contributed by atoms with Crippen LogP contribution in [0.4, 0.5) is 0 Å². The molecule has 176 valence electrons. The summed E-state index contributed by atoms with van der Waals surface area (Å²) in [6.07, 6.45) is 26.8. The van der Waals surface area contributed by atoms with Gasteiger partial charge in [0, 0.05) is 25.2 Å². The number of carbonyl (C=O) groups excluding carboxylic acids is 2. The highest BCUT2D eigenvalue weighted by Crippen LogP contribution is 2.11. The predicted molar refractivity (Wildman–Crippen MR) is 129 cm³/mol. The van der Waals surface area contributed by atoms with E-state index in [1.54, 1.807) is 12.4 Å². The highest BCUT2D eigenvalue weighted by Gasteiger charge is 2.00. The Labute approximate surface area is 187 Å². The first-order valence-corrected chi connectivity index (χ1v) is 12.9. The number of nitrogens with one attached hydrogen (secondary N) is 2. The van der Waals surface area contributed by atoms with E-state index in [0.29, 0.717) is 12.8 Å². The monoisotopic (exact) mass is 422 g/mol. The van der Waals surface area contributed by atoms with Crippen molar-refractivity contribution >= 4 is 11.8 Å². The zero-order valence-electron chi connectivity index (χ0n) is 20.1. The highest BCUT2D eigenvalue weighted by molar-refractivity contribution is 5.78. The van der Waals surface area contributed by atoms with Gasteiger partial charge in [-0.15, -0.1) is 0 Å². The third kappa shape index (κ3) is 23.0. The van der Waals surface area contributed by atoms with E-state index in [2.05, 4.69) is 24.5 Å². The Hall–Kier alpha value is -1.32. The summed E-state index contributed by atoms with van der Waals surface area (Å²) in [4.78, 5) is 23.6. The lowest BCUT2D eigenvalue weighted by Crippen LogP contribution is -2.20. The summed E-state index contributed by atoms with van der Waals surface area (Å²) in [6, 6.07) is 0. The van der Waals surface area contributed by atoms with Crippen molar-refractivity contribution < 1.29 is 9.59 Å². The first-order chi connectivity index (χ1) is 14.7. The van der Waals surface area contributed by atoms with Crippen LogP contribution in [0.2, 0.25) is 0 Å². The van der Waals surface area contributed by atoms with Gasteiger partial charge in [-0.3, -0.25) is 9.59 Å². The summed E-state index contributed by atoms with van der Waals surface area (Å²) in [5.74, 6) is 0.0600. The fourth-order valence-electron chi connectivity index (χ4n) is 3.61. The summed E-state index contributed by atoms with van der Waals surface area (Å²) < 4.78 is 0. The molecule has 0 aromatic heterocycles. The summed E-state index contributed by atoms with van der Waals surface area (Å²) >= 11 is 0. The van der Waals surface area contributed by atoms with Crippen molar-refractivity contribution in [3.05, 3.63) is 12.4 Å². The molecule has 0 aliphatic heterocycles. The van der Waals surface area contributed by atoms with Crippen LogP contribution >= 0.6 is 0 Å². The minimum absolute atomic E-state index is 0.0300. The Balaban J connectivity index is 3.40. The largest absolute Gasteiger partial charge is 0.331 e. The molecule has 0 bridgehead atoms. The van der Waals surface area contributed by atoms with Gasteiger partial charge in [-0.1, -0.05) is 117 Å². The molecule has 0 unspecified atom stereocenters. The van der Waals surface area contributed by atoms with Gasteiger partial charge in [-0.25, -0.2) is 0 Å². The van der Waals surface area contributed by atoms with Crippen LogP contribution in [0.25, 0.3) is 0 Å². The van der Waals surface area contributed by atoms with Gasteiger partial charge in [0.25, 0.3) is 0 Å². The first-order valence-electron chi connectivity index (χ1n) is 12.9. The Morgan fingerprint density at radius 2 is 0.733 bits per heavy atom. The van der Waals surface area contributed by atoms with E-state index in [0.717, 1.165) is 25.7 Å². The van der Waals surface area contributed by atoms with E-state index in [4.69, 9.17) is 0 Å². The molecule has 0 radical (unpaired) electrons. The van der Waals surface area contributed by atoms with E-state index in [-0.39, 0.29) is 11.8 Å². The van der Waals surface area contributed by atoms with Crippen molar-refractivity contribution in [2.24, 2.45) is 0 Å². The second-order valence-electron chi connectivity index (χ2n) is 8.63. The normalized spacial score (nSPS) is 11.1. The minimum atomic E-state index is 0.0300. The molecule has 0 spiro atoms. The summed E-state index contributed by atoms with van der Waals surface area (Å²) in [5, 5.41) is 5.47. The maximum atomic E-state index is 11.8. The molecule has 0 fully saturated rings. The van der Waals surface area contributed by atoms with Gasteiger partial charge in [0.1, 0.15) is 0 Å². The molecule has 0 saturated carbocycles. The van der Waals surface area contributed by atoms with E-state index in [1.807, 2.05) is 0 Å². The van der Waals surface area contributed by atoms with Gasteiger partial charge >= 0.3 is 0 Å². The lowest BCUT2D eigenvalue weighted by Gasteiger charge is -2.03. The Bertz CT molecular complexity index is 383. The fraction of sp³-hybridized carbons (Fsp3) is 0.846. The van der Waals surface area contributed by atoms with Crippen molar-refractivity contribution in [1.29, 1.82) is 0 Å². The molecule has 2 N–H and O–H groups in total. The van der Waals surface area contributed by atoms with E-state index in [9.17, 15) is 9.59 Å². The minimum Gasteiger partial charge on any atom is -0.331 e. The quantitative estimate of drug-likeness (QED) is 0.177. The van der Waals surface area contributed by atoms with Crippen molar-refractivity contribution in [3.63, 3.8) is 0 Å². The lowest BCUT2D eigenvalue weighted by molar-refractivity contribution is -0.121. The van der Waals surface area contributed by atoms with Crippen LogP contribution in [0.3, 0.4) is 0 Å². The molecule has 0 aliphatic rings. The van der Waals surface area contributed by atoms with E-state index in [1.165, 1.54) is 89.9 Å². The molecule has 30 heavy (non-hydrogen) atoms. The predicted octanol–water partition coefficient (Wildman–Crippen LogP) is 7.53. The molecule has 0 saturated heterocycles. The smallest absolute Gasteiger partial charge is 0.223 e. The summed E-state index contributed by atoms with van der Waals surface area (Å²) in [6.45, 7) is 4.49. The molecular formula is C26H50N2O2. The lowest BCUT2D eigenvalue weighted by atomic mass is 10.1. The van der Waals surface area contributed by atoms with Gasteiger partial charge in [-0.2, -0.15) is 0 Å². The van der Waals surface area contributed by atoms with Crippen LogP contribution in [-0.2, 0) is 9.59 Å². The molecule has 4 heteroatoms. The number of rotatable bonds is 22. The van der Waals surface area contributed by atoms with Crippen molar-refractivity contribution in [1.82, 2.24) is 10.6 Å². The second kappa shape index (κ2) is 24.0. The SMILES string of the molecule is CCCCCCCCCCCC(=O)N/C=C/NC(=O)CCCCCCCCCCC. The average molecular weight is 423 g/mol. The number of unbranched alkanes of at least 4 members (excludes halogenated alkanes) is 16. The maximum Gasteiger partial charge on any atom is 0.223 e. The van der Waals surface area contributed by atoms with Crippen LogP contribution < -0.4 is 10.6 Å². The molecule has 0 aromatic rings. The zero-order valence-corrected chi connectivity index (χ0v) is 20.1. The molecule has 0 aromatic carbocycles. The van der Waals surface area contributed by atoms with Gasteiger partial charge in [0.2, 0.25) is 11.8 Å². The Morgan fingerprint density at radius 3 is 1.03 bits per heavy atom. The molecule has 0 aliphatic carbocycles. The Kier molecular flexibility index (Phi) is 22.9. The topological polar surface area (TPSA) is 58.2 Å². The number of hydrogen-bond acceptors (Lipinski definition) is 2. The standard InChI is InChI=1S/C26H50N2O2/c1-3-5-7-9-11-13-15-17-19-21-25(29)27-23-24-28-26(30)22-20-18-16-14-12-10-8-6-4-2/h23-24H,3-22H2,1-2H3,(H,27,29)(H,28,30)/b24-23+. The number of hydrogen-bond donors (Lipinski definition) is 2. The van der Waals surface area contributed by atoms with Crippen LogP contribution in [0, 0.1) is 0 Å². The van der Waals surface area contributed by atoms with Crippen LogP contribution in [0.5, 0.6) is 0 Å². The van der Waals surface area contributed by atoms with Crippen molar-refractivity contribution in [2.45, 2.75) is 142 Å². The van der Waals surface area contributed by atoms with E-state index < -0.39 is 0 Å². The van der Waals surface area contributed by atoms with Crippen molar-refractivity contribution in [2.75, 3.05) is 0 Å². The van der Waals surface area contributed by atoms with Crippen LogP contribution in [0.15, 0.2) is 12.4 Å². The summed E-state index contributed by atoms with van der Waals surface area (Å²) in [7, 11) is 0. The molecule has 0 heterocycles. The number of amides is 2. The molecule has 2 amide bonds. The Morgan fingerprint density at radius 1 is 0.467 bits per heavy atom. The van der Waals surface area contributed by atoms with Crippen molar-refractivity contribution in [3.8, 4) is 0 Å². The third-order valence-corrected chi connectivity index (χ3v) is 5.59. The van der Waals surface area contributed by atoms with Crippen LogP contribution in [-0.4, -0.2) is 11.8 Å². The summed E-state index contributed by atoms with van der Waals surface area (Å²) in [5.41, 5.74) is 0. The molecule has 0 rings (SSSR count). The molecule has 4 nitrogen and oxygen atoms in total. The molecular weight excluding hydrogens is 372 g/mol. The van der Waals surface area contributed by atoms with Crippen LogP contribution in [0.1, 0.15) is 142 Å². The van der Waals surface area contributed by atoms with E-state index >= 15 is 0 Å². The van der Waals surface area contributed by atoms with Gasteiger partial charge < -0.3 is 10.6 Å². The molecule has 0 atom stereocenters. The highest BCUT2D eigenvalue weighted by atomic mass is 16.2. The van der Waals surface area contributed by atoms with Gasteiger partial charge in [-0.05, 0) is 12.8 Å². The zero-order chi connectivity index (χ0) is 22.1. The second-order valence-corrected chi connectivity index (χ2v) is 8.63. The average Bonchev–Trinajstić information content (AvgIpc) is 2.74. The third-order valence-electron chi connectivity index (χ3n) is 5.59. The first kappa shape index (κ1) is 28.7. The fourth-order valence-corrected chi connectivity index (χ4v) is 3.61. The maximum absolute atomic E-state index is 11.8.